The molecule has 0 atom stereocenters. The number of hydrogen-bond acceptors (Lipinski definition) is 1. The van der Waals surface area contributed by atoms with Gasteiger partial charge in [0.1, 0.15) is 5.82 Å². The lowest BCUT2D eigenvalue weighted by molar-refractivity contribution is 0.0952. The topological polar surface area (TPSA) is 29.1 Å². The van der Waals surface area contributed by atoms with Gasteiger partial charge >= 0.3 is 0 Å². The maximum Gasteiger partial charge on any atom is 0.251 e. The lowest BCUT2D eigenvalue weighted by Gasteiger charge is -2.07. The van der Waals surface area contributed by atoms with Crippen molar-refractivity contribution < 1.29 is 9.18 Å². The van der Waals surface area contributed by atoms with Crippen molar-refractivity contribution in [2.75, 3.05) is 12.4 Å². The van der Waals surface area contributed by atoms with E-state index in [0.717, 1.165) is 24.8 Å². The number of nitrogens with one attached hydrogen (secondary N) is 1. The first-order valence-electron chi connectivity index (χ1n) is 5.75. The van der Waals surface area contributed by atoms with Gasteiger partial charge in [0, 0.05) is 18.0 Å². The van der Waals surface area contributed by atoms with E-state index in [4.69, 9.17) is 11.6 Å². The Morgan fingerprint density at radius 3 is 2.82 bits per heavy atom. The molecule has 0 aromatic heterocycles. The van der Waals surface area contributed by atoms with E-state index in [1.807, 2.05) is 0 Å². The van der Waals surface area contributed by atoms with Crippen molar-refractivity contribution in [3.8, 4) is 0 Å². The lowest BCUT2D eigenvalue weighted by atomic mass is 10.1. The molecule has 1 amide bonds. The van der Waals surface area contributed by atoms with Crippen molar-refractivity contribution in [2.24, 2.45) is 0 Å². The highest BCUT2D eigenvalue weighted by Gasteiger charge is 2.09. The number of unbranched alkanes of at least 4 members (excludes halogenated alkanes) is 2. The van der Waals surface area contributed by atoms with Crippen LogP contribution in [-0.2, 0) is 0 Å². The van der Waals surface area contributed by atoms with Gasteiger partial charge in [0.25, 0.3) is 5.91 Å². The Balaban J connectivity index is 2.44. The molecule has 1 aromatic rings. The summed E-state index contributed by atoms with van der Waals surface area (Å²) in [5, 5.41) is 2.78. The van der Waals surface area contributed by atoms with Gasteiger partial charge in [-0.15, -0.1) is 11.6 Å². The maximum absolute atomic E-state index is 13.0. The smallest absolute Gasteiger partial charge is 0.251 e. The van der Waals surface area contributed by atoms with Crippen molar-refractivity contribution in [1.29, 1.82) is 0 Å². The van der Waals surface area contributed by atoms with E-state index in [9.17, 15) is 9.18 Å². The first-order valence-corrected chi connectivity index (χ1v) is 6.29. The van der Waals surface area contributed by atoms with Crippen molar-refractivity contribution in [1.82, 2.24) is 5.32 Å². The second kappa shape index (κ2) is 7.28. The number of amides is 1. The Labute approximate surface area is 106 Å². The predicted molar refractivity (Wildman–Crippen MR) is 68.0 cm³/mol. The normalized spacial score (nSPS) is 10.3. The molecule has 0 aliphatic heterocycles. The third kappa shape index (κ3) is 4.73. The van der Waals surface area contributed by atoms with Crippen LogP contribution in [0.3, 0.4) is 0 Å². The van der Waals surface area contributed by atoms with E-state index in [-0.39, 0.29) is 11.7 Å². The monoisotopic (exact) mass is 257 g/mol. The second-order valence-corrected chi connectivity index (χ2v) is 4.34. The third-order valence-electron chi connectivity index (χ3n) is 2.54. The fourth-order valence-corrected chi connectivity index (χ4v) is 1.72. The van der Waals surface area contributed by atoms with E-state index in [2.05, 4.69) is 5.32 Å². The van der Waals surface area contributed by atoms with Gasteiger partial charge in [-0.2, -0.15) is 0 Å². The van der Waals surface area contributed by atoms with Crippen molar-refractivity contribution >= 4 is 17.5 Å². The second-order valence-electron chi connectivity index (χ2n) is 3.96. The van der Waals surface area contributed by atoms with Gasteiger partial charge in [-0.1, -0.05) is 12.5 Å². The van der Waals surface area contributed by atoms with Gasteiger partial charge in [0.2, 0.25) is 0 Å². The Bertz CT molecular complexity index is 382. The van der Waals surface area contributed by atoms with E-state index in [1.165, 1.54) is 12.1 Å². The van der Waals surface area contributed by atoms with Crippen LogP contribution in [0.2, 0.25) is 0 Å². The van der Waals surface area contributed by atoms with E-state index in [0.29, 0.717) is 18.0 Å². The van der Waals surface area contributed by atoms with Crippen LogP contribution in [0.15, 0.2) is 18.2 Å². The highest BCUT2D eigenvalue weighted by atomic mass is 35.5. The molecule has 0 fully saturated rings. The van der Waals surface area contributed by atoms with E-state index >= 15 is 0 Å². The van der Waals surface area contributed by atoms with Crippen molar-refractivity contribution in [2.45, 2.75) is 26.2 Å². The Morgan fingerprint density at radius 2 is 2.12 bits per heavy atom. The zero-order valence-electron chi connectivity index (χ0n) is 9.93. The zero-order valence-corrected chi connectivity index (χ0v) is 10.7. The van der Waals surface area contributed by atoms with Crippen LogP contribution in [0, 0.1) is 12.7 Å². The van der Waals surface area contributed by atoms with Crippen molar-refractivity contribution in [3.05, 3.63) is 35.1 Å². The number of hydrogen-bond donors (Lipinski definition) is 1. The number of halogens is 2. The molecule has 2 nitrogen and oxygen atoms in total. The lowest BCUT2D eigenvalue weighted by Crippen LogP contribution is -2.25. The number of rotatable bonds is 6. The number of alkyl halides is 1. The van der Waals surface area contributed by atoms with Gasteiger partial charge < -0.3 is 5.32 Å². The van der Waals surface area contributed by atoms with Crippen LogP contribution in [-0.4, -0.2) is 18.3 Å². The highest BCUT2D eigenvalue weighted by molar-refractivity contribution is 6.17. The number of carbonyl (C=O) groups is 1. The average Bonchev–Trinajstić information content (AvgIpc) is 2.32. The van der Waals surface area contributed by atoms with Crippen LogP contribution in [0.4, 0.5) is 4.39 Å². The Morgan fingerprint density at radius 1 is 1.35 bits per heavy atom. The summed E-state index contributed by atoms with van der Waals surface area (Å²) in [5.41, 5.74) is 1.19. The standard InChI is InChI=1S/C13H17ClFNO/c1-10-5-6-11(15)9-12(10)13(17)16-8-4-2-3-7-14/h5-6,9H,2-4,7-8H2,1H3,(H,16,17). The van der Waals surface area contributed by atoms with Crippen LogP contribution in [0.5, 0.6) is 0 Å². The minimum Gasteiger partial charge on any atom is -0.352 e. The molecule has 17 heavy (non-hydrogen) atoms. The molecule has 1 rings (SSSR count). The van der Waals surface area contributed by atoms with Crippen molar-refractivity contribution in [3.63, 3.8) is 0 Å². The molecular weight excluding hydrogens is 241 g/mol. The Kier molecular flexibility index (Phi) is 5.98. The van der Waals surface area contributed by atoms with Gasteiger partial charge in [0.15, 0.2) is 0 Å². The van der Waals surface area contributed by atoms with E-state index in [1.54, 1.807) is 13.0 Å². The molecule has 0 heterocycles. The number of benzene rings is 1. The molecular formula is C13H17ClFNO. The summed E-state index contributed by atoms with van der Waals surface area (Å²) >= 11 is 5.55. The molecule has 0 bridgehead atoms. The summed E-state index contributed by atoms with van der Waals surface area (Å²) in [6.45, 7) is 2.40. The molecule has 0 spiro atoms. The maximum atomic E-state index is 13.0. The summed E-state index contributed by atoms with van der Waals surface area (Å²) in [7, 11) is 0. The molecule has 1 N–H and O–H groups in total. The van der Waals surface area contributed by atoms with E-state index < -0.39 is 0 Å². The minimum atomic E-state index is -0.386. The number of carbonyl (C=O) groups excluding carboxylic acids is 1. The number of aryl methyl sites for hydroxylation is 1. The average molecular weight is 258 g/mol. The highest BCUT2D eigenvalue weighted by Crippen LogP contribution is 2.10. The fraction of sp³-hybridized carbons (Fsp3) is 0.462. The van der Waals surface area contributed by atoms with Crippen LogP contribution >= 0.6 is 11.6 Å². The van der Waals surface area contributed by atoms with Crippen LogP contribution < -0.4 is 5.32 Å². The molecule has 0 aliphatic carbocycles. The minimum absolute atomic E-state index is 0.215. The molecule has 94 valence electrons. The first kappa shape index (κ1) is 14.0. The molecule has 0 unspecified atom stereocenters. The summed E-state index contributed by atoms with van der Waals surface area (Å²) in [4.78, 5) is 11.7. The fourth-order valence-electron chi connectivity index (χ4n) is 1.53. The first-order chi connectivity index (χ1) is 8.15. The summed E-state index contributed by atoms with van der Waals surface area (Å²) in [6.07, 6.45) is 2.84. The quantitative estimate of drug-likeness (QED) is 0.615. The molecule has 0 saturated carbocycles. The van der Waals surface area contributed by atoms with Gasteiger partial charge in [0.05, 0.1) is 0 Å². The third-order valence-corrected chi connectivity index (χ3v) is 2.81. The molecule has 0 radical (unpaired) electrons. The molecule has 1 aromatic carbocycles. The summed E-state index contributed by atoms with van der Waals surface area (Å²) < 4.78 is 13.0. The predicted octanol–water partition coefficient (Wildman–Crippen LogP) is 3.27. The Hall–Kier alpha value is -1.09. The van der Waals surface area contributed by atoms with Crippen LogP contribution in [0.25, 0.3) is 0 Å². The van der Waals surface area contributed by atoms with Crippen LogP contribution in [0.1, 0.15) is 35.2 Å². The summed E-state index contributed by atoms with van der Waals surface area (Å²) in [5.74, 6) is 0.0486. The molecule has 4 heteroatoms. The van der Waals surface area contributed by atoms with Gasteiger partial charge in [-0.25, -0.2) is 4.39 Å². The SMILES string of the molecule is Cc1ccc(F)cc1C(=O)NCCCCCCl. The largest absolute Gasteiger partial charge is 0.352 e. The summed E-state index contributed by atoms with van der Waals surface area (Å²) in [6, 6.07) is 4.23. The molecule has 0 saturated heterocycles. The zero-order chi connectivity index (χ0) is 12.7. The van der Waals surface area contributed by atoms with Gasteiger partial charge in [-0.3, -0.25) is 4.79 Å². The van der Waals surface area contributed by atoms with Gasteiger partial charge in [-0.05, 0) is 37.5 Å². The molecule has 0 aliphatic rings.